The molecule has 10 heteroatoms. The molecule has 0 aliphatic carbocycles. The summed E-state index contributed by atoms with van der Waals surface area (Å²) in [5.41, 5.74) is 15.3. The molecule has 0 saturated carbocycles. The van der Waals surface area contributed by atoms with E-state index < -0.39 is 0 Å². The number of carbonyl (C=O) groups is 2. The molecular formula is C35H28ClN5O3S. The van der Waals surface area contributed by atoms with Crippen molar-refractivity contribution in [1.29, 1.82) is 0 Å². The summed E-state index contributed by atoms with van der Waals surface area (Å²) in [5, 5.41) is 7.45. The number of hydrogen-bond acceptors (Lipinski definition) is 5. The van der Waals surface area contributed by atoms with Crippen molar-refractivity contribution in [1.82, 2.24) is 9.88 Å². The zero-order valence-electron chi connectivity index (χ0n) is 24.1. The molecule has 1 aliphatic heterocycles. The average Bonchev–Trinajstić information content (AvgIpc) is 3.53. The SMILES string of the molecule is [N-]=[N+]=NCCc1c(CCOc2ccc(/C=C3\SC(=O)NC3=O)cc2)c2cc(Cl)ccc2n1C(c1ccccc1)c1ccccc1. The molecule has 8 nitrogen and oxygen atoms in total. The molecule has 1 aromatic heterocycles. The highest BCUT2D eigenvalue weighted by Gasteiger charge is 2.26. The van der Waals surface area contributed by atoms with Crippen LogP contribution in [0.5, 0.6) is 5.75 Å². The van der Waals surface area contributed by atoms with Crippen LogP contribution in [0.25, 0.3) is 27.4 Å². The Kier molecular flexibility index (Phi) is 9.22. The predicted octanol–water partition coefficient (Wildman–Crippen LogP) is 8.73. The maximum absolute atomic E-state index is 11.9. The first-order valence-electron chi connectivity index (χ1n) is 14.4. The highest BCUT2D eigenvalue weighted by atomic mass is 35.5. The second-order valence-corrected chi connectivity index (χ2v) is 11.9. The van der Waals surface area contributed by atoms with Gasteiger partial charge in [0, 0.05) is 39.5 Å². The Hall–Kier alpha value is -4.95. The molecule has 4 aromatic carbocycles. The van der Waals surface area contributed by atoms with E-state index >= 15 is 0 Å². The van der Waals surface area contributed by atoms with E-state index in [-0.39, 0.29) is 17.2 Å². The van der Waals surface area contributed by atoms with Crippen LogP contribution in [0.3, 0.4) is 0 Å². The van der Waals surface area contributed by atoms with Gasteiger partial charge in [0.15, 0.2) is 0 Å². The number of carbonyl (C=O) groups excluding carboxylic acids is 2. The maximum Gasteiger partial charge on any atom is 0.290 e. The number of benzene rings is 4. The molecule has 0 atom stereocenters. The Bertz CT molecular complexity index is 1900. The van der Waals surface area contributed by atoms with Crippen LogP contribution in [-0.4, -0.2) is 28.9 Å². The number of nitrogens with zero attached hydrogens (tertiary/aromatic N) is 4. The van der Waals surface area contributed by atoms with E-state index in [4.69, 9.17) is 21.9 Å². The molecule has 5 aromatic rings. The van der Waals surface area contributed by atoms with Crippen LogP contribution < -0.4 is 10.1 Å². The average molecular weight is 634 g/mol. The minimum Gasteiger partial charge on any atom is -0.493 e. The van der Waals surface area contributed by atoms with E-state index in [1.165, 1.54) is 0 Å². The lowest BCUT2D eigenvalue weighted by Crippen LogP contribution is -2.17. The van der Waals surface area contributed by atoms with Gasteiger partial charge in [0.05, 0.1) is 17.6 Å². The fraction of sp³-hybridized carbons (Fsp3) is 0.143. The summed E-state index contributed by atoms with van der Waals surface area (Å²) in [6.07, 6.45) is 2.81. The zero-order chi connectivity index (χ0) is 31.2. The van der Waals surface area contributed by atoms with Gasteiger partial charge in [-0.2, -0.15) is 0 Å². The molecule has 6 rings (SSSR count). The quantitative estimate of drug-likeness (QED) is 0.0679. The number of amides is 2. The van der Waals surface area contributed by atoms with E-state index in [2.05, 4.69) is 50.2 Å². The number of thioether (sulfide) groups is 1. The zero-order valence-corrected chi connectivity index (χ0v) is 25.7. The van der Waals surface area contributed by atoms with Gasteiger partial charge in [0.2, 0.25) is 0 Å². The number of hydrogen-bond donors (Lipinski definition) is 1. The lowest BCUT2D eigenvalue weighted by atomic mass is 9.97. The highest BCUT2D eigenvalue weighted by molar-refractivity contribution is 8.18. The summed E-state index contributed by atoms with van der Waals surface area (Å²) in [7, 11) is 0. The Labute approximate surface area is 269 Å². The molecule has 1 fully saturated rings. The van der Waals surface area contributed by atoms with Gasteiger partial charge in [-0.25, -0.2) is 0 Å². The maximum atomic E-state index is 11.9. The standard InChI is InChI=1S/C35H28ClN5O3S/c36-26-13-16-30-29(22-26)28(18-20-44-27-14-11-23(12-15-27)21-32-34(42)39-35(43)45-32)31(17-19-38-40-37)41(30)33(24-7-3-1-4-8-24)25-9-5-2-6-10-25/h1-16,21-22,33H,17-20H2,(H,39,42,43)/b32-21-. The molecule has 224 valence electrons. The normalized spacial score (nSPS) is 13.8. The molecule has 0 spiro atoms. The largest absolute Gasteiger partial charge is 0.493 e. The van der Waals surface area contributed by atoms with Crippen molar-refractivity contribution in [3.63, 3.8) is 0 Å². The van der Waals surface area contributed by atoms with Crippen LogP contribution in [0.15, 0.2) is 113 Å². The number of azide groups is 1. The smallest absolute Gasteiger partial charge is 0.290 e. The third-order valence-corrected chi connectivity index (χ3v) is 8.67. The van der Waals surface area contributed by atoms with E-state index in [0.717, 1.165) is 50.6 Å². The van der Waals surface area contributed by atoms with Crippen LogP contribution in [-0.2, 0) is 17.6 Å². The summed E-state index contributed by atoms with van der Waals surface area (Å²) in [5.74, 6) is 0.295. The number of rotatable bonds is 11. The van der Waals surface area contributed by atoms with Crippen molar-refractivity contribution in [3.8, 4) is 5.75 Å². The molecule has 0 radical (unpaired) electrons. The summed E-state index contributed by atoms with van der Waals surface area (Å²) in [6.45, 7) is 0.707. The molecule has 2 heterocycles. The van der Waals surface area contributed by atoms with Gasteiger partial charge >= 0.3 is 0 Å². The van der Waals surface area contributed by atoms with E-state index in [1.54, 1.807) is 6.08 Å². The predicted molar refractivity (Wildman–Crippen MR) is 180 cm³/mol. The first-order valence-corrected chi connectivity index (χ1v) is 15.6. The molecule has 1 aliphatic rings. The van der Waals surface area contributed by atoms with Crippen LogP contribution >= 0.6 is 23.4 Å². The van der Waals surface area contributed by atoms with Gasteiger partial charge < -0.3 is 9.30 Å². The fourth-order valence-electron chi connectivity index (χ4n) is 5.72. The van der Waals surface area contributed by atoms with Gasteiger partial charge in [-0.1, -0.05) is 89.5 Å². The van der Waals surface area contributed by atoms with Crippen LogP contribution in [0, 0.1) is 0 Å². The van der Waals surface area contributed by atoms with Crippen molar-refractivity contribution in [3.05, 3.63) is 151 Å². The lowest BCUT2D eigenvalue weighted by Gasteiger charge is -2.25. The van der Waals surface area contributed by atoms with Crippen molar-refractivity contribution < 1.29 is 14.3 Å². The summed E-state index contributed by atoms with van der Waals surface area (Å²) < 4.78 is 8.54. The monoisotopic (exact) mass is 633 g/mol. The number of fused-ring (bicyclic) bond motifs is 1. The van der Waals surface area contributed by atoms with Gasteiger partial charge in [-0.05, 0) is 82.4 Å². The van der Waals surface area contributed by atoms with Crippen LogP contribution in [0.4, 0.5) is 4.79 Å². The Morgan fingerprint density at radius 1 is 0.933 bits per heavy atom. The topological polar surface area (TPSA) is 109 Å². The number of ether oxygens (including phenoxy) is 1. The molecule has 0 bridgehead atoms. The van der Waals surface area contributed by atoms with E-state index in [0.29, 0.717) is 41.7 Å². The molecule has 1 saturated heterocycles. The van der Waals surface area contributed by atoms with Crippen molar-refractivity contribution in [2.45, 2.75) is 18.9 Å². The third kappa shape index (κ3) is 6.76. The molecule has 45 heavy (non-hydrogen) atoms. The highest BCUT2D eigenvalue weighted by Crippen LogP contribution is 2.38. The van der Waals surface area contributed by atoms with Crippen molar-refractivity contribution >= 4 is 51.5 Å². The van der Waals surface area contributed by atoms with Gasteiger partial charge in [0.1, 0.15) is 5.75 Å². The van der Waals surface area contributed by atoms with Gasteiger partial charge in [-0.3, -0.25) is 14.9 Å². The fourth-order valence-corrected chi connectivity index (χ4v) is 6.57. The summed E-state index contributed by atoms with van der Waals surface area (Å²) in [6, 6.07) is 34.0. The first kappa shape index (κ1) is 30.1. The Morgan fingerprint density at radius 3 is 2.24 bits per heavy atom. The summed E-state index contributed by atoms with van der Waals surface area (Å²) in [4.78, 5) is 26.7. The third-order valence-electron chi connectivity index (χ3n) is 7.62. The first-order chi connectivity index (χ1) is 22.0. The van der Waals surface area contributed by atoms with E-state index in [1.807, 2.05) is 72.8 Å². The summed E-state index contributed by atoms with van der Waals surface area (Å²) >= 11 is 7.45. The molecular weight excluding hydrogens is 606 g/mol. The second-order valence-electron chi connectivity index (χ2n) is 10.4. The van der Waals surface area contributed by atoms with E-state index in [9.17, 15) is 9.59 Å². The number of nitrogens with one attached hydrogen (secondary N) is 1. The Balaban J connectivity index is 1.35. The van der Waals surface area contributed by atoms with Gasteiger partial charge in [0.25, 0.3) is 11.1 Å². The molecule has 2 amide bonds. The van der Waals surface area contributed by atoms with Crippen LogP contribution in [0.2, 0.25) is 5.02 Å². The molecule has 0 unspecified atom stereocenters. The van der Waals surface area contributed by atoms with Crippen molar-refractivity contribution in [2.24, 2.45) is 5.11 Å². The lowest BCUT2D eigenvalue weighted by molar-refractivity contribution is -0.115. The van der Waals surface area contributed by atoms with Crippen LogP contribution in [0.1, 0.15) is 34.0 Å². The Morgan fingerprint density at radius 2 is 1.62 bits per heavy atom. The van der Waals surface area contributed by atoms with Gasteiger partial charge in [-0.15, -0.1) is 0 Å². The number of aromatic nitrogens is 1. The minimum absolute atomic E-state index is 0.121. The number of halogens is 1. The minimum atomic E-state index is -0.386. The van der Waals surface area contributed by atoms with Crippen molar-refractivity contribution in [2.75, 3.05) is 13.2 Å². The number of imide groups is 1. The molecule has 1 N–H and O–H groups in total. The second kappa shape index (κ2) is 13.8.